The third kappa shape index (κ3) is 3.95. The van der Waals surface area contributed by atoms with E-state index in [9.17, 15) is 9.90 Å². The Morgan fingerprint density at radius 1 is 1.09 bits per heavy atom. The fourth-order valence-electron chi connectivity index (χ4n) is 2.26. The number of carbonyl (C=O) groups is 1. The molecule has 1 N–H and O–H groups in total. The van der Waals surface area contributed by atoms with Gasteiger partial charge in [0.1, 0.15) is 5.60 Å². The molecule has 0 bridgehead atoms. The van der Waals surface area contributed by atoms with Crippen LogP contribution < -0.4 is 0 Å². The molecule has 0 radical (unpaired) electrons. The van der Waals surface area contributed by atoms with E-state index >= 15 is 0 Å². The molecule has 116 valence electrons. The summed E-state index contributed by atoms with van der Waals surface area (Å²) in [7, 11) is 0. The van der Waals surface area contributed by atoms with Gasteiger partial charge in [-0.3, -0.25) is 0 Å². The van der Waals surface area contributed by atoms with Gasteiger partial charge in [-0.2, -0.15) is 0 Å². The molecule has 0 saturated carbocycles. The van der Waals surface area contributed by atoms with E-state index in [1.165, 1.54) is 0 Å². The van der Waals surface area contributed by atoms with Gasteiger partial charge in [0.15, 0.2) is 0 Å². The third-order valence-corrected chi connectivity index (χ3v) is 3.26. The van der Waals surface area contributed by atoms with Gasteiger partial charge in [0, 0.05) is 0 Å². The summed E-state index contributed by atoms with van der Waals surface area (Å²) in [6, 6.07) is 13.2. The monoisotopic (exact) mass is 298 g/mol. The SMILES string of the molecule is Cc1ccc(-c2ccc(C(=O)OC(C)(C)C)cc2)c(CO)c1. The summed E-state index contributed by atoms with van der Waals surface area (Å²) in [5.41, 5.74) is 3.95. The van der Waals surface area contributed by atoms with Gasteiger partial charge in [0.05, 0.1) is 12.2 Å². The average molecular weight is 298 g/mol. The molecule has 2 aromatic rings. The van der Waals surface area contributed by atoms with Crippen molar-refractivity contribution in [1.82, 2.24) is 0 Å². The van der Waals surface area contributed by atoms with Crippen LogP contribution in [-0.2, 0) is 11.3 Å². The summed E-state index contributed by atoms with van der Waals surface area (Å²) in [5.74, 6) is -0.328. The van der Waals surface area contributed by atoms with Crippen molar-refractivity contribution in [2.45, 2.75) is 39.9 Å². The molecule has 0 aliphatic rings. The highest BCUT2D eigenvalue weighted by Gasteiger charge is 2.17. The van der Waals surface area contributed by atoms with Gasteiger partial charge >= 0.3 is 5.97 Å². The Kier molecular flexibility index (Phi) is 4.67. The van der Waals surface area contributed by atoms with Crippen molar-refractivity contribution in [3.63, 3.8) is 0 Å². The second-order valence-electron chi connectivity index (χ2n) is 6.40. The van der Waals surface area contributed by atoms with Gasteiger partial charge < -0.3 is 9.84 Å². The lowest BCUT2D eigenvalue weighted by atomic mass is 9.97. The maximum absolute atomic E-state index is 12.0. The van der Waals surface area contributed by atoms with Crippen molar-refractivity contribution in [3.8, 4) is 11.1 Å². The Labute approximate surface area is 131 Å². The van der Waals surface area contributed by atoms with Crippen LogP contribution in [0.3, 0.4) is 0 Å². The first-order valence-electron chi connectivity index (χ1n) is 7.34. The number of benzene rings is 2. The summed E-state index contributed by atoms with van der Waals surface area (Å²) in [4.78, 5) is 12.0. The highest BCUT2D eigenvalue weighted by atomic mass is 16.6. The van der Waals surface area contributed by atoms with Gasteiger partial charge in [-0.15, -0.1) is 0 Å². The minimum absolute atomic E-state index is 0.00910. The molecule has 0 amide bonds. The summed E-state index contributed by atoms with van der Waals surface area (Å²) in [6.07, 6.45) is 0. The van der Waals surface area contributed by atoms with E-state index in [1.54, 1.807) is 12.1 Å². The maximum Gasteiger partial charge on any atom is 0.338 e. The van der Waals surface area contributed by atoms with Crippen LogP contribution in [0.15, 0.2) is 42.5 Å². The van der Waals surface area contributed by atoms with E-state index in [4.69, 9.17) is 4.74 Å². The second kappa shape index (κ2) is 6.32. The Balaban J connectivity index is 2.28. The lowest BCUT2D eigenvalue weighted by Crippen LogP contribution is -2.23. The fourth-order valence-corrected chi connectivity index (χ4v) is 2.26. The van der Waals surface area contributed by atoms with Gasteiger partial charge in [-0.1, -0.05) is 35.9 Å². The van der Waals surface area contributed by atoms with Crippen LogP contribution in [0.25, 0.3) is 11.1 Å². The number of aliphatic hydroxyl groups excluding tert-OH is 1. The topological polar surface area (TPSA) is 46.5 Å². The van der Waals surface area contributed by atoms with Crippen LogP contribution in [0.1, 0.15) is 42.3 Å². The highest BCUT2D eigenvalue weighted by molar-refractivity contribution is 5.90. The average Bonchev–Trinajstić information content (AvgIpc) is 2.45. The summed E-state index contributed by atoms with van der Waals surface area (Å²) in [5, 5.41) is 9.50. The van der Waals surface area contributed by atoms with Crippen LogP contribution >= 0.6 is 0 Å². The molecule has 0 aliphatic carbocycles. The number of ether oxygens (including phenoxy) is 1. The van der Waals surface area contributed by atoms with E-state index in [-0.39, 0.29) is 12.6 Å². The molecule has 0 unspecified atom stereocenters. The number of carbonyl (C=O) groups excluding carboxylic acids is 1. The van der Waals surface area contributed by atoms with Crippen molar-refractivity contribution < 1.29 is 14.6 Å². The fraction of sp³-hybridized carbons (Fsp3) is 0.316. The molecule has 3 nitrogen and oxygen atoms in total. The zero-order valence-corrected chi connectivity index (χ0v) is 13.5. The van der Waals surface area contributed by atoms with Crippen molar-refractivity contribution >= 4 is 5.97 Å². The normalized spacial score (nSPS) is 11.3. The Morgan fingerprint density at radius 2 is 1.73 bits per heavy atom. The molecule has 0 spiro atoms. The number of aryl methyl sites for hydroxylation is 1. The summed E-state index contributed by atoms with van der Waals surface area (Å²) < 4.78 is 5.35. The number of hydrogen-bond acceptors (Lipinski definition) is 3. The van der Waals surface area contributed by atoms with Crippen LogP contribution in [-0.4, -0.2) is 16.7 Å². The van der Waals surface area contributed by atoms with Crippen molar-refractivity contribution in [3.05, 3.63) is 59.2 Å². The molecule has 0 heterocycles. The van der Waals surface area contributed by atoms with E-state index < -0.39 is 5.60 Å². The zero-order chi connectivity index (χ0) is 16.3. The van der Waals surface area contributed by atoms with Crippen LogP contribution in [0, 0.1) is 6.92 Å². The molecule has 2 aromatic carbocycles. The van der Waals surface area contributed by atoms with Crippen LogP contribution in [0.2, 0.25) is 0 Å². The minimum Gasteiger partial charge on any atom is -0.456 e. The van der Waals surface area contributed by atoms with E-state index in [1.807, 2.05) is 58.0 Å². The van der Waals surface area contributed by atoms with Gasteiger partial charge in [-0.25, -0.2) is 4.79 Å². The molecule has 2 rings (SSSR count). The molecule has 3 heteroatoms. The first-order valence-corrected chi connectivity index (χ1v) is 7.34. The number of hydrogen-bond donors (Lipinski definition) is 1. The Morgan fingerprint density at radius 3 is 2.27 bits per heavy atom. The second-order valence-corrected chi connectivity index (χ2v) is 6.40. The smallest absolute Gasteiger partial charge is 0.338 e. The zero-order valence-electron chi connectivity index (χ0n) is 13.5. The highest BCUT2D eigenvalue weighted by Crippen LogP contribution is 2.25. The largest absolute Gasteiger partial charge is 0.456 e. The predicted molar refractivity (Wildman–Crippen MR) is 87.7 cm³/mol. The molecule has 0 fully saturated rings. The number of rotatable bonds is 3. The molecular weight excluding hydrogens is 276 g/mol. The molecule has 0 atom stereocenters. The van der Waals surface area contributed by atoms with Crippen LogP contribution in [0.5, 0.6) is 0 Å². The minimum atomic E-state index is -0.503. The third-order valence-electron chi connectivity index (χ3n) is 3.26. The van der Waals surface area contributed by atoms with Crippen molar-refractivity contribution in [1.29, 1.82) is 0 Å². The van der Waals surface area contributed by atoms with Gasteiger partial charge in [-0.05, 0) is 56.5 Å². The Bertz CT molecular complexity index is 664. The maximum atomic E-state index is 12.0. The first kappa shape index (κ1) is 16.2. The summed E-state index contributed by atoms with van der Waals surface area (Å²) in [6.45, 7) is 7.52. The number of esters is 1. The molecular formula is C19H22O3. The molecule has 0 saturated heterocycles. The molecule has 0 aromatic heterocycles. The quantitative estimate of drug-likeness (QED) is 0.867. The lowest BCUT2D eigenvalue weighted by Gasteiger charge is -2.19. The van der Waals surface area contributed by atoms with E-state index in [0.717, 1.165) is 22.3 Å². The molecule has 0 aliphatic heterocycles. The van der Waals surface area contributed by atoms with Crippen LogP contribution in [0.4, 0.5) is 0 Å². The molecule has 22 heavy (non-hydrogen) atoms. The number of aliphatic hydroxyl groups is 1. The van der Waals surface area contributed by atoms with E-state index in [0.29, 0.717) is 5.56 Å². The van der Waals surface area contributed by atoms with Gasteiger partial charge in [0.2, 0.25) is 0 Å². The van der Waals surface area contributed by atoms with Crippen molar-refractivity contribution in [2.75, 3.05) is 0 Å². The first-order chi connectivity index (χ1) is 10.3. The van der Waals surface area contributed by atoms with E-state index in [2.05, 4.69) is 0 Å². The standard InChI is InChI=1S/C19H22O3/c1-13-5-10-17(16(11-13)12-20)14-6-8-15(9-7-14)18(21)22-19(2,3)4/h5-11,20H,12H2,1-4H3. The predicted octanol–water partition coefficient (Wildman–Crippen LogP) is 4.11. The van der Waals surface area contributed by atoms with Gasteiger partial charge in [0.25, 0.3) is 0 Å². The van der Waals surface area contributed by atoms with Crippen molar-refractivity contribution in [2.24, 2.45) is 0 Å². The summed E-state index contributed by atoms with van der Waals surface area (Å²) >= 11 is 0. The lowest BCUT2D eigenvalue weighted by molar-refractivity contribution is 0.00695. The Hall–Kier alpha value is -2.13.